The molecule has 3 N–H and O–H groups in total. The van der Waals surface area contributed by atoms with E-state index < -0.39 is 29.7 Å². The molecule has 3 aliphatic heterocycles. The number of hydrogen-bond donors (Lipinski definition) is 3. The summed E-state index contributed by atoms with van der Waals surface area (Å²) >= 11 is 0. The summed E-state index contributed by atoms with van der Waals surface area (Å²) in [6.07, 6.45) is 6.35. The highest BCUT2D eigenvalue weighted by Crippen LogP contribution is 2.36. The SMILES string of the molecule is Cc1cccc(C(=O)NC2CC(n3cnc4c(NCc5cccc(OCC6CCN(C(=O)COc7cccc8c7C(=O)N([C@H]7CCC(=O)NC7=O)C8=O)CC6)c5)ncnc43)C2)n1. The predicted octanol–water partition coefficient (Wildman–Crippen LogP) is 3.37. The number of fused-ring (bicyclic) bond motifs is 2. The molecule has 9 rings (SSSR count). The normalized spacial score (nSPS) is 20.1. The molecule has 62 heavy (non-hydrogen) atoms. The first-order chi connectivity index (χ1) is 30.1. The Bertz CT molecular complexity index is 2600. The summed E-state index contributed by atoms with van der Waals surface area (Å²) in [6, 6.07) is 16.9. The molecule has 3 fully saturated rings. The van der Waals surface area contributed by atoms with Gasteiger partial charge in [0.05, 0.1) is 24.1 Å². The van der Waals surface area contributed by atoms with Crippen molar-refractivity contribution >= 4 is 52.4 Å². The van der Waals surface area contributed by atoms with E-state index in [0.29, 0.717) is 43.3 Å². The number of carbonyl (C=O) groups is 6. The molecule has 0 spiro atoms. The Hall–Kier alpha value is -7.24. The largest absolute Gasteiger partial charge is 0.493 e. The van der Waals surface area contributed by atoms with Crippen LogP contribution < -0.4 is 25.4 Å². The van der Waals surface area contributed by atoms with E-state index in [1.165, 1.54) is 18.5 Å². The molecule has 6 heterocycles. The van der Waals surface area contributed by atoms with Gasteiger partial charge >= 0.3 is 0 Å². The smallest absolute Gasteiger partial charge is 0.270 e. The molecular weight excluding hydrogens is 797 g/mol. The van der Waals surface area contributed by atoms with Gasteiger partial charge in [-0.2, -0.15) is 0 Å². The van der Waals surface area contributed by atoms with Gasteiger partial charge in [-0.15, -0.1) is 0 Å². The number of nitrogens with zero attached hydrogens (tertiary/aromatic N) is 7. The average molecular weight is 841 g/mol. The van der Waals surface area contributed by atoms with Crippen LogP contribution in [0.15, 0.2) is 73.3 Å². The first-order valence-electron chi connectivity index (χ1n) is 20.7. The van der Waals surface area contributed by atoms with Gasteiger partial charge in [-0.05, 0) is 86.9 Å². The van der Waals surface area contributed by atoms with Crippen LogP contribution >= 0.6 is 0 Å². The zero-order chi connectivity index (χ0) is 42.9. The molecule has 2 aromatic carbocycles. The minimum Gasteiger partial charge on any atom is -0.493 e. The van der Waals surface area contributed by atoms with Crippen LogP contribution in [0, 0.1) is 12.8 Å². The highest BCUT2D eigenvalue weighted by Gasteiger charge is 2.46. The number of nitrogens with one attached hydrogen (secondary N) is 3. The first-order valence-corrected chi connectivity index (χ1v) is 20.7. The minimum absolute atomic E-state index is 0.00410. The Morgan fingerprint density at radius 1 is 0.903 bits per heavy atom. The van der Waals surface area contributed by atoms with Crippen molar-refractivity contribution < 1.29 is 38.2 Å². The lowest BCUT2D eigenvalue weighted by atomic mass is 9.86. The Labute approximate surface area is 355 Å². The van der Waals surface area contributed by atoms with E-state index in [1.54, 1.807) is 23.4 Å². The van der Waals surface area contributed by atoms with Crippen molar-refractivity contribution in [2.45, 2.75) is 70.1 Å². The highest BCUT2D eigenvalue weighted by atomic mass is 16.5. The topological polar surface area (TPSA) is 220 Å². The lowest BCUT2D eigenvalue weighted by Crippen LogP contribution is -2.54. The number of amides is 6. The van der Waals surface area contributed by atoms with E-state index in [-0.39, 0.29) is 66.1 Å². The van der Waals surface area contributed by atoms with Gasteiger partial charge in [-0.3, -0.25) is 39.0 Å². The maximum atomic E-state index is 13.4. The number of aryl methyl sites for hydroxylation is 1. The molecule has 2 saturated heterocycles. The van der Waals surface area contributed by atoms with Gasteiger partial charge in [-0.25, -0.2) is 19.9 Å². The third kappa shape index (κ3) is 8.14. The Morgan fingerprint density at radius 3 is 2.52 bits per heavy atom. The van der Waals surface area contributed by atoms with Crippen molar-refractivity contribution in [1.82, 2.24) is 44.9 Å². The standard InChI is InChI=1S/C44H44N10O8/c1-25-5-2-9-32(49-25)41(57)50-28-18-29(19-28)53-24-48-38-39(46-23-47-40(38)53)45-20-27-6-3-7-30(17-27)61-21-26-13-15-52(16-14-26)36(56)22-62-34-10-4-8-31-37(34)44(60)54(43(31)59)33-11-12-35(55)51-42(33)58/h2-10,17,23-24,26,28-29,33H,11-16,18-22H2,1H3,(H,50,57)(H,45,46,47)(H,51,55,58)/t28?,29?,33-/m0/s1. The number of imidazole rings is 1. The zero-order valence-electron chi connectivity index (χ0n) is 33.9. The monoisotopic (exact) mass is 840 g/mol. The lowest BCUT2D eigenvalue weighted by Gasteiger charge is -2.36. The number of carbonyl (C=O) groups excluding carboxylic acids is 6. The molecule has 18 heteroatoms. The first kappa shape index (κ1) is 40.2. The fourth-order valence-corrected chi connectivity index (χ4v) is 8.44. The molecular formula is C44H44N10O8. The summed E-state index contributed by atoms with van der Waals surface area (Å²) in [7, 11) is 0. The number of likely N-dealkylation sites (tertiary alicyclic amines) is 1. The Balaban J connectivity index is 0.724. The number of hydrogen-bond acceptors (Lipinski definition) is 13. The van der Waals surface area contributed by atoms with E-state index in [4.69, 9.17) is 9.47 Å². The van der Waals surface area contributed by atoms with Crippen LogP contribution in [0.2, 0.25) is 0 Å². The van der Waals surface area contributed by atoms with Gasteiger partial charge in [0.1, 0.15) is 35.1 Å². The number of piperidine rings is 2. The molecule has 0 unspecified atom stereocenters. The molecule has 1 aliphatic carbocycles. The third-order valence-corrected chi connectivity index (χ3v) is 11.9. The second-order valence-corrected chi connectivity index (χ2v) is 16.1. The van der Waals surface area contributed by atoms with Crippen LogP contribution in [-0.4, -0.2) is 108 Å². The molecule has 4 aliphatic rings. The maximum absolute atomic E-state index is 13.4. The molecule has 6 amide bonds. The van der Waals surface area contributed by atoms with Crippen LogP contribution in [-0.2, 0) is 20.9 Å². The zero-order valence-corrected chi connectivity index (χ0v) is 33.9. The van der Waals surface area contributed by atoms with Gasteiger partial charge in [-0.1, -0.05) is 24.3 Å². The van der Waals surface area contributed by atoms with Crippen LogP contribution in [0.5, 0.6) is 11.5 Å². The summed E-state index contributed by atoms with van der Waals surface area (Å²) in [5, 5.41) is 8.66. The third-order valence-electron chi connectivity index (χ3n) is 11.9. The maximum Gasteiger partial charge on any atom is 0.270 e. The molecule has 18 nitrogen and oxygen atoms in total. The number of anilines is 1. The predicted molar refractivity (Wildman–Crippen MR) is 221 cm³/mol. The van der Waals surface area contributed by atoms with Crippen molar-refractivity contribution in [3.05, 3.63) is 101 Å². The van der Waals surface area contributed by atoms with Gasteiger partial charge in [0.2, 0.25) is 11.8 Å². The fourth-order valence-electron chi connectivity index (χ4n) is 8.44. The van der Waals surface area contributed by atoms with Gasteiger partial charge in [0, 0.05) is 43.8 Å². The second-order valence-electron chi connectivity index (χ2n) is 16.1. The van der Waals surface area contributed by atoms with Crippen LogP contribution in [0.1, 0.15) is 87.0 Å². The van der Waals surface area contributed by atoms with E-state index in [9.17, 15) is 28.8 Å². The van der Waals surface area contributed by atoms with E-state index >= 15 is 0 Å². The second kappa shape index (κ2) is 17.0. The molecule has 0 radical (unpaired) electrons. The van der Waals surface area contributed by atoms with Crippen molar-refractivity contribution in [1.29, 1.82) is 0 Å². The molecule has 1 saturated carbocycles. The lowest BCUT2D eigenvalue weighted by molar-refractivity contribution is -0.136. The van der Waals surface area contributed by atoms with Crippen molar-refractivity contribution in [3.63, 3.8) is 0 Å². The molecule has 1 atom stereocenters. The molecule has 5 aromatic rings. The van der Waals surface area contributed by atoms with Gasteiger partial charge < -0.3 is 29.6 Å². The molecule has 3 aromatic heterocycles. The number of pyridine rings is 1. The van der Waals surface area contributed by atoms with Crippen molar-refractivity contribution in [2.75, 3.05) is 31.6 Å². The highest BCUT2D eigenvalue weighted by molar-refractivity contribution is 6.24. The number of imide groups is 2. The summed E-state index contributed by atoms with van der Waals surface area (Å²) in [5.74, 6) is -1.23. The van der Waals surface area contributed by atoms with Crippen LogP contribution in [0.3, 0.4) is 0 Å². The number of ether oxygens (including phenoxy) is 2. The van der Waals surface area contributed by atoms with Crippen LogP contribution in [0.25, 0.3) is 11.2 Å². The van der Waals surface area contributed by atoms with E-state index in [0.717, 1.165) is 53.2 Å². The average Bonchev–Trinajstić information content (AvgIpc) is 3.80. The van der Waals surface area contributed by atoms with Gasteiger partial charge in [0.25, 0.3) is 23.6 Å². The van der Waals surface area contributed by atoms with E-state index in [2.05, 4.69) is 35.9 Å². The summed E-state index contributed by atoms with van der Waals surface area (Å²) in [4.78, 5) is 97.0. The quantitative estimate of drug-likeness (QED) is 0.145. The van der Waals surface area contributed by atoms with Crippen molar-refractivity contribution in [3.8, 4) is 11.5 Å². The number of benzene rings is 2. The Kier molecular flexibility index (Phi) is 11.0. The van der Waals surface area contributed by atoms with Crippen LogP contribution in [0.4, 0.5) is 5.82 Å². The Morgan fingerprint density at radius 2 is 1.71 bits per heavy atom. The molecule has 0 bridgehead atoms. The van der Waals surface area contributed by atoms with Gasteiger partial charge in [0.15, 0.2) is 18.1 Å². The van der Waals surface area contributed by atoms with E-state index in [1.807, 2.05) is 47.9 Å². The fraction of sp³-hybridized carbons (Fsp3) is 0.364. The summed E-state index contributed by atoms with van der Waals surface area (Å²) in [5.41, 5.74) is 3.69. The van der Waals surface area contributed by atoms with Crippen molar-refractivity contribution in [2.24, 2.45) is 5.92 Å². The number of rotatable bonds is 13. The summed E-state index contributed by atoms with van der Waals surface area (Å²) < 4.78 is 14.1. The minimum atomic E-state index is -1.10. The number of aromatic nitrogens is 5. The summed E-state index contributed by atoms with van der Waals surface area (Å²) in [6.45, 7) is 3.54. The molecule has 318 valence electrons.